The lowest BCUT2D eigenvalue weighted by Gasteiger charge is -2.24. The quantitative estimate of drug-likeness (QED) is 0.582. The second-order valence-corrected chi connectivity index (χ2v) is 4.24. The summed E-state index contributed by atoms with van der Waals surface area (Å²) in [6, 6.07) is 0.666. The number of nitrogens with one attached hydrogen (secondary N) is 1. The van der Waals surface area contributed by atoms with E-state index in [1.54, 1.807) is 6.33 Å². The molecular formula is C11H19N5. The number of anilines is 2. The van der Waals surface area contributed by atoms with Crippen LogP contribution in [0, 0.1) is 6.92 Å². The van der Waals surface area contributed by atoms with Crippen molar-refractivity contribution in [3.05, 3.63) is 11.9 Å². The van der Waals surface area contributed by atoms with Gasteiger partial charge in [0.2, 0.25) is 0 Å². The lowest BCUT2D eigenvalue weighted by Crippen LogP contribution is -2.28. The Balaban J connectivity index is 2.29. The third-order valence-electron chi connectivity index (χ3n) is 2.92. The van der Waals surface area contributed by atoms with Crippen LogP contribution in [0.15, 0.2) is 6.33 Å². The fourth-order valence-electron chi connectivity index (χ4n) is 1.96. The normalized spacial score (nSPS) is 14.9. The van der Waals surface area contributed by atoms with E-state index >= 15 is 0 Å². The van der Waals surface area contributed by atoms with Gasteiger partial charge in [-0.3, -0.25) is 0 Å². The minimum absolute atomic E-state index is 0.666. The van der Waals surface area contributed by atoms with Crippen LogP contribution in [0.3, 0.4) is 0 Å². The SMILES string of the molecule is CCCN(c1ncnc(NN)c1C)C1CC1. The van der Waals surface area contributed by atoms with Crippen LogP contribution in [0.2, 0.25) is 0 Å². The number of hydrazine groups is 1. The van der Waals surface area contributed by atoms with Gasteiger partial charge >= 0.3 is 0 Å². The molecule has 1 fully saturated rings. The van der Waals surface area contributed by atoms with Crippen molar-refractivity contribution >= 4 is 11.6 Å². The van der Waals surface area contributed by atoms with Gasteiger partial charge in [0.05, 0.1) is 0 Å². The standard InChI is InChI=1S/C11H19N5/c1-3-6-16(9-4-5-9)11-8(2)10(15-12)13-7-14-11/h7,9H,3-6,12H2,1-2H3,(H,13,14,15). The highest BCUT2D eigenvalue weighted by Gasteiger charge is 2.30. The molecule has 0 bridgehead atoms. The van der Waals surface area contributed by atoms with Crippen LogP contribution in [0.1, 0.15) is 31.7 Å². The summed E-state index contributed by atoms with van der Waals surface area (Å²) in [7, 11) is 0. The average Bonchev–Trinajstić information content (AvgIpc) is 3.11. The van der Waals surface area contributed by atoms with Crippen LogP contribution < -0.4 is 16.2 Å². The lowest BCUT2D eigenvalue weighted by molar-refractivity contribution is 0.745. The smallest absolute Gasteiger partial charge is 0.148 e. The lowest BCUT2D eigenvalue weighted by atomic mass is 10.2. The molecule has 1 aliphatic carbocycles. The Kier molecular flexibility index (Phi) is 3.24. The molecule has 2 rings (SSSR count). The largest absolute Gasteiger partial charge is 0.353 e. The van der Waals surface area contributed by atoms with Gasteiger partial charge in [-0.15, -0.1) is 0 Å². The van der Waals surface area contributed by atoms with E-state index in [1.165, 1.54) is 12.8 Å². The highest BCUT2D eigenvalue weighted by Crippen LogP contribution is 2.33. The van der Waals surface area contributed by atoms with E-state index in [0.717, 1.165) is 24.3 Å². The third-order valence-corrected chi connectivity index (χ3v) is 2.92. The van der Waals surface area contributed by atoms with Gasteiger partial charge in [0, 0.05) is 18.2 Å². The average molecular weight is 221 g/mol. The summed E-state index contributed by atoms with van der Waals surface area (Å²) in [4.78, 5) is 10.9. The Labute approximate surface area is 96.0 Å². The number of nitrogens with two attached hydrogens (primary N) is 1. The number of nitrogens with zero attached hydrogens (tertiary/aromatic N) is 3. The monoisotopic (exact) mass is 221 g/mol. The molecular weight excluding hydrogens is 202 g/mol. The topological polar surface area (TPSA) is 67.1 Å². The summed E-state index contributed by atoms with van der Waals surface area (Å²) in [5.41, 5.74) is 3.65. The van der Waals surface area contributed by atoms with Crippen molar-refractivity contribution in [1.82, 2.24) is 9.97 Å². The van der Waals surface area contributed by atoms with Gasteiger partial charge in [0.1, 0.15) is 18.0 Å². The zero-order valence-electron chi connectivity index (χ0n) is 9.90. The first-order chi connectivity index (χ1) is 7.77. The fraction of sp³-hybridized carbons (Fsp3) is 0.636. The van der Waals surface area contributed by atoms with Crippen LogP contribution in [0.25, 0.3) is 0 Å². The molecule has 5 heteroatoms. The van der Waals surface area contributed by atoms with Gasteiger partial charge in [-0.25, -0.2) is 15.8 Å². The molecule has 1 heterocycles. The van der Waals surface area contributed by atoms with E-state index < -0.39 is 0 Å². The Morgan fingerprint density at radius 1 is 1.50 bits per heavy atom. The van der Waals surface area contributed by atoms with Crippen LogP contribution in [0.4, 0.5) is 11.6 Å². The Bertz CT molecular complexity index is 361. The van der Waals surface area contributed by atoms with E-state index in [1.807, 2.05) is 6.92 Å². The molecule has 1 aromatic heterocycles. The molecule has 0 radical (unpaired) electrons. The molecule has 88 valence electrons. The van der Waals surface area contributed by atoms with Crippen LogP contribution in [-0.4, -0.2) is 22.6 Å². The van der Waals surface area contributed by atoms with Crippen molar-refractivity contribution in [2.75, 3.05) is 16.9 Å². The van der Waals surface area contributed by atoms with Crippen LogP contribution >= 0.6 is 0 Å². The summed E-state index contributed by atoms with van der Waals surface area (Å²) in [5.74, 6) is 7.16. The molecule has 1 saturated carbocycles. The molecule has 1 aromatic rings. The highest BCUT2D eigenvalue weighted by atomic mass is 15.3. The summed E-state index contributed by atoms with van der Waals surface area (Å²) >= 11 is 0. The number of nitrogen functional groups attached to an aromatic ring is 1. The molecule has 0 amide bonds. The molecule has 0 aromatic carbocycles. The van der Waals surface area contributed by atoms with E-state index in [-0.39, 0.29) is 0 Å². The Morgan fingerprint density at radius 2 is 2.25 bits per heavy atom. The predicted octanol–water partition coefficient (Wildman–Crippen LogP) is 1.45. The molecule has 0 atom stereocenters. The van der Waals surface area contributed by atoms with Gasteiger partial charge in [-0.2, -0.15) is 0 Å². The third kappa shape index (κ3) is 2.09. The second-order valence-electron chi connectivity index (χ2n) is 4.24. The molecule has 0 saturated heterocycles. The number of hydrogen-bond acceptors (Lipinski definition) is 5. The first-order valence-corrected chi connectivity index (χ1v) is 5.82. The Morgan fingerprint density at radius 3 is 2.81 bits per heavy atom. The molecule has 0 unspecified atom stereocenters. The second kappa shape index (κ2) is 4.65. The maximum absolute atomic E-state index is 5.43. The van der Waals surface area contributed by atoms with Crippen LogP contribution in [0.5, 0.6) is 0 Å². The summed E-state index contributed by atoms with van der Waals surface area (Å²) in [6.45, 7) is 5.25. The van der Waals surface area contributed by atoms with Crippen LogP contribution in [-0.2, 0) is 0 Å². The molecule has 5 nitrogen and oxygen atoms in total. The van der Waals surface area contributed by atoms with Gasteiger partial charge in [-0.1, -0.05) is 6.92 Å². The van der Waals surface area contributed by atoms with Crippen molar-refractivity contribution in [3.8, 4) is 0 Å². The van der Waals surface area contributed by atoms with E-state index in [0.29, 0.717) is 11.9 Å². The zero-order chi connectivity index (χ0) is 11.5. The van der Waals surface area contributed by atoms with Crippen molar-refractivity contribution in [2.45, 2.75) is 39.2 Å². The minimum atomic E-state index is 0.666. The summed E-state index contributed by atoms with van der Waals surface area (Å²) < 4.78 is 0. The number of hydrogen-bond donors (Lipinski definition) is 2. The molecule has 3 N–H and O–H groups in total. The first-order valence-electron chi connectivity index (χ1n) is 5.82. The summed E-state index contributed by atoms with van der Waals surface area (Å²) in [6.07, 6.45) is 5.25. The summed E-state index contributed by atoms with van der Waals surface area (Å²) in [5, 5.41) is 0. The molecule has 0 aliphatic heterocycles. The van der Waals surface area contributed by atoms with Crippen molar-refractivity contribution in [2.24, 2.45) is 5.84 Å². The van der Waals surface area contributed by atoms with Gasteiger partial charge in [0.25, 0.3) is 0 Å². The van der Waals surface area contributed by atoms with Crippen molar-refractivity contribution < 1.29 is 0 Å². The highest BCUT2D eigenvalue weighted by molar-refractivity contribution is 5.58. The zero-order valence-corrected chi connectivity index (χ0v) is 9.90. The van der Waals surface area contributed by atoms with E-state index in [9.17, 15) is 0 Å². The van der Waals surface area contributed by atoms with Crippen molar-refractivity contribution in [1.29, 1.82) is 0 Å². The van der Waals surface area contributed by atoms with Gasteiger partial charge in [0.15, 0.2) is 0 Å². The molecule has 1 aliphatic rings. The maximum Gasteiger partial charge on any atom is 0.148 e. The predicted molar refractivity (Wildman–Crippen MR) is 65.2 cm³/mol. The molecule has 0 spiro atoms. The minimum Gasteiger partial charge on any atom is -0.353 e. The van der Waals surface area contributed by atoms with E-state index in [4.69, 9.17) is 5.84 Å². The van der Waals surface area contributed by atoms with Crippen molar-refractivity contribution in [3.63, 3.8) is 0 Å². The number of rotatable bonds is 5. The Hall–Kier alpha value is -1.36. The maximum atomic E-state index is 5.43. The van der Waals surface area contributed by atoms with Gasteiger partial charge in [-0.05, 0) is 26.2 Å². The van der Waals surface area contributed by atoms with E-state index in [2.05, 4.69) is 27.2 Å². The first kappa shape index (κ1) is 11.1. The van der Waals surface area contributed by atoms with Gasteiger partial charge < -0.3 is 10.3 Å². The fourth-order valence-corrected chi connectivity index (χ4v) is 1.96. The number of aromatic nitrogens is 2. The molecule has 16 heavy (non-hydrogen) atoms.